The third kappa shape index (κ3) is 11.2. The summed E-state index contributed by atoms with van der Waals surface area (Å²) in [4.78, 5) is 49.1. The van der Waals surface area contributed by atoms with Gasteiger partial charge in [0, 0.05) is 106 Å². The molecule has 2 radical (unpaired) electrons. The van der Waals surface area contributed by atoms with Crippen LogP contribution in [-0.2, 0) is 85.6 Å². The Hall–Kier alpha value is -3.11. The van der Waals surface area contributed by atoms with Crippen LogP contribution < -0.4 is 21.5 Å². The summed E-state index contributed by atoms with van der Waals surface area (Å²) in [6.07, 6.45) is 0. The van der Waals surface area contributed by atoms with Crippen molar-refractivity contribution in [3.8, 4) is 0 Å². The van der Waals surface area contributed by atoms with Crippen LogP contribution in [0.4, 0.5) is 0 Å². The van der Waals surface area contributed by atoms with E-state index in [0.717, 1.165) is 11.1 Å². The third-order valence-corrected chi connectivity index (χ3v) is 7.30. The quantitative estimate of drug-likeness (QED) is 0.178. The largest absolute Gasteiger partial charge is 0.358 e. The number of fused-ring (bicyclic) bond motifs is 2. The molecule has 3 N–H and O–H groups in total. The fraction of sp³-hybridized carbons (Fsp3) is 0.0857. The number of aryl methyl sites for hydroxylation is 1. The first-order valence-electron chi connectivity index (χ1n) is 13.7. The van der Waals surface area contributed by atoms with E-state index in [-0.39, 0.29) is 103 Å². The average molecular weight is 849 g/mol. The van der Waals surface area contributed by atoms with Gasteiger partial charge < -0.3 is 25.5 Å². The first kappa shape index (κ1) is 43.9. The van der Waals surface area contributed by atoms with Gasteiger partial charge in [0.1, 0.15) is 0 Å². The van der Waals surface area contributed by atoms with Crippen molar-refractivity contribution >= 4 is 56.8 Å². The van der Waals surface area contributed by atoms with E-state index >= 15 is 0 Å². The fourth-order valence-corrected chi connectivity index (χ4v) is 4.69. The second-order valence-electron chi connectivity index (χ2n) is 9.88. The number of H-pyrrole nitrogens is 1. The van der Waals surface area contributed by atoms with Crippen LogP contribution in [0.5, 0.6) is 0 Å². The van der Waals surface area contributed by atoms with Crippen molar-refractivity contribution in [2.75, 3.05) is 0 Å². The number of carbonyl (C=O) groups excluding carboxylic acids is 2. The molecule has 0 aliphatic heterocycles. The second kappa shape index (κ2) is 20.5. The Labute approximate surface area is 344 Å². The van der Waals surface area contributed by atoms with Gasteiger partial charge in [-0.3, -0.25) is 29.0 Å². The number of halogens is 2. The number of amides is 2. The van der Waals surface area contributed by atoms with Crippen molar-refractivity contribution in [3.05, 3.63) is 165 Å². The molecule has 0 saturated heterocycles. The molecular formula is C35H32Cl2N6O4Y2-2. The number of hydrogen-bond donors (Lipinski definition) is 3. The van der Waals surface area contributed by atoms with E-state index in [1.165, 1.54) is 4.68 Å². The summed E-state index contributed by atoms with van der Waals surface area (Å²) in [5, 5.41) is 18.2. The van der Waals surface area contributed by atoms with Crippen LogP contribution in [0.25, 0.3) is 21.8 Å². The minimum Gasteiger partial charge on any atom is -0.358 e. The van der Waals surface area contributed by atoms with Gasteiger partial charge in [0.25, 0.3) is 11.8 Å². The van der Waals surface area contributed by atoms with E-state index < -0.39 is 11.8 Å². The number of nitrogens with one attached hydrogen (secondary N) is 3. The van der Waals surface area contributed by atoms with Gasteiger partial charge in [-0.1, -0.05) is 71.7 Å². The van der Waals surface area contributed by atoms with Gasteiger partial charge >= 0.3 is 0 Å². The van der Waals surface area contributed by atoms with Gasteiger partial charge in [-0.15, -0.1) is 0 Å². The van der Waals surface area contributed by atoms with Gasteiger partial charge in [0.05, 0.1) is 11.0 Å². The van der Waals surface area contributed by atoms with E-state index in [1.54, 1.807) is 85.9 Å². The number of hydrogen-bond acceptors (Lipinski definition) is 6. The van der Waals surface area contributed by atoms with E-state index in [4.69, 9.17) is 23.2 Å². The zero-order chi connectivity index (χ0) is 31.9. The van der Waals surface area contributed by atoms with Crippen LogP contribution >= 0.6 is 23.2 Å². The molecule has 248 valence electrons. The van der Waals surface area contributed by atoms with Crippen LogP contribution in [0.15, 0.2) is 107 Å². The molecule has 0 bridgehead atoms. The van der Waals surface area contributed by atoms with Crippen molar-refractivity contribution in [2.45, 2.75) is 13.1 Å². The second-order valence-corrected chi connectivity index (χ2v) is 10.8. The summed E-state index contributed by atoms with van der Waals surface area (Å²) in [7, 11) is 1.71. The third-order valence-electron chi connectivity index (χ3n) is 6.80. The molecule has 14 heteroatoms. The minimum atomic E-state index is -0.512. The van der Waals surface area contributed by atoms with Crippen LogP contribution in [0.2, 0.25) is 10.0 Å². The van der Waals surface area contributed by atoms with Crippen LogP contribution in [-0.4, -0.2) is 31.8 Å². The predicted octanol–water partition coefficient (Wildman–Crippen LogP) is 5.92. The fourth-order valence-electron chi connectivity index (χ4n) is 4.44. The SMILES string of the molecule is Cn1nc(C(=O)NCc2ccc(Cl)cc2)c(=O)c2ccccc21.O=C(NCc1ccc(Cl)cc1)c1n[nH]c2ccccc2c1=O.[CH3-].[CH3-].[Y].[Y]. The summed E-state index contributed by atoms with van der Waals surface area (Å²) in [5.74, 6) is -1.01. The maximum Gasteiger partial charge on any atom is 0.276 e. The Morgan fingerprint density at radius 1 is 0.673 bits per heavy atom. The van der Waals surface area contributed by atoms with Crippen molar-refractivity contribution in [1.29, 1.82) is 0 Å². The molecule has 0 fully saturated rings. The van der Waals surface area contributed by atoms with E-state index in [0.29, 0.717) is 44.9 Å². The molecule has 4 aromatic carbocycles. The Morgan fingerprint density at radius 3 is 1.67 bits per heavy atom. The number of benzene rings is 4. The number of aromatic amines is 1. The minimum absolute atomic E-state index is 0. The monoisotopic (exact) mass is 848 g/mol. The molecule has 2 amide bonds. The van der Waals surface area contributed by atoms with Gasteiger partial charge in [0.2, 0.25) is 10.9 Å². The van der Waals surface area contributed by atoms with Gasteiger partial charge in [0.15, 0.2) is 11.4 Å². The summed E-state index contributed by atoms with van der Waals surface area (Å²) in [5.41, 5.74) is 2.05. The zero-order valence-electron chi connectivity index (χ0n) is 27.0. The summed E-state index contributed by atoms with van der Waals surface area (Å²) < 4.78 is 1.54. The molecule has 0 saturated carbocycles. The maximum atomic E-state index is 12.4. The average Bonchev–Trinajstić information content (AvgIpc) is 3.06. The van der Waals surface area contributed by atoms with Crippen LogP contribution in [0, 0.1) is 14.9 Å². The molecule has 0 aliphatic carbocycles. The smallest absolute Gasteiger partial charge is 0.276 e. The normalized spacial score (nSPS) is 9.78. The Kier molecular flexibility index (Phi) is 18.4. The summed E-state index contributed by atoms with van der Waals surface area (Å²) in [6.45, 7) is 0.595. The standard InChI is InChI=1S/C17H14ClN3O2.C16H12ClN3O2.2CH3.2Y/c1-21-14-5-3-2-4-13(14)16(22)15(20-21)17(23)19-10-11-6-8-12(18)9-7-11;17-11-7-5-10(6-8-11)9-18-16(22)14-15(21)12-3-1-2-4-13(12)19-20-14;;;;/h2-9H,10H2,1H3,(H,19,23);1-8H,9H2,(H,18,22)(H,19,21);2*1H3;;/q;;2*-1;;. The number of aromatic nitrogens is 4. The molecule has 0 spiro atoms. The molecule has 0 aliphatic rings. The maximum absolute atomic E-state index is 12.4. The van der Waals surface area contributed by atoms with E-state index in [9.17, 15) is 19.2 Å². The Morgan fingerprint density at radius 2 is 1.12 bits per heavy atom. The number of nitrogens with zero attached hydrogens (tertiary/aromatic N) is 3. The molecule has 0 unspecified atom stereocenters. The number of para-hydroxylation sites is 2. The van der Waals surface area contributed by atoms with Crippen LogP contribution in [0.3, 0.4) is 0 Å². The van der Waals surface area contributed by atoms with Crippen LogP contribution in [0.1, 0.15) is 32.1 Å². The molecule has 2 aromatic heterocycles. The van der Waals surface area contributed by atoms with Crippen molar-refractivity contribution < 1.29 is 75.0 Å². The Bertz CT molecular complexity index is 2140. The van der Waals surface area contributed by atoms with E-state index in [2.05, 4.69) is 25.9 Å². The van der Waals surface area contributed by atoms with E-state index in [1.807, 2.05) is 18.2 Å². The van der Waals surface area contributed by atoms with Crippen molar-refractivity contribution in [1.82, 2.24) is 30.6 Å². The van der Waals surface area contributed by atoms with Gasteiger partial charge in [-0.2, -0.15) is 10.2 Å². The van der Waals surface area contributed by atoms with Crippen molar-refractivity contribution in [2.24, 2.45) is 7.05 Å². The Balaban J connectivity index is 0.000000453. The first-order valence-corrected chi connectivity index (χ1v) is 14.5. The molecule has 0 atom stereocenters. The summed E-state index contributed by atoms with van der Waals surface area (Å²) in [6, 6.07) is 28.2. The molecule has 2 heterocycles. The topological polar surface area (TPSA) is 139 Å². The molecule has 49 heavy (non-hydrogen) atoms. The number of rotatable bonds is 6. The predicted molar refractivity (Wildman–Crippen MR) is 187 cm³/mol. The van der Waals surface area contributed by atoms with Gasteiger partial charge in [-0.25, -0.2) is 0 Å². The summed E-state index contributed by atoms with van der Waals surface area (Å²) >= 11 is 11.6. The first-order chi connectivity index (χ1) is 21.7. The zero-order valence-corrected chi connectivity index (χ0v) is 34.2. The molecule has 6 aromatic rings. The molecule has 10 nitrogen and oxygen atoms in total. The van der Waals surface area contributed by atoms with Gasteiger partial charge in [-0.05, 0) is 59.7 Å². The van der Waals surface area contributed by atoms with Crippen molar-refractivity contribution in [3.63, 3.8) is 0 Å². The molecular weight excluding hydrogens is 817 g/mol. The number of carbonyl (C=O) groups is 2. The molecule has 6 rings (SSSR count).